The van der Waals surface area contributed by atoms with Gasteiger partial charge in [0, 0.05) is 33.3 Å². The molecule has 0 saturated heterocycles. The van der Waals surface area contributed by atoms with Gasteiger partial charge in [0.15, 0.2) is 0 Å². The zero-order valence-electron chi connectivity index (χ0n) is 16.9. The van der Waals surface area contributed by atoms with Gasteiger partial charge in [0.1, 0.15) is 0 Å². The molecule has 0 unspecified atom stereocenters. The fourth-order valence-electron chi connectivity index (χ4n) is 3.70. The number of hydrogen-bond donors (Lipinski definition) is 0. The molecule has 0 N–H and O–H groups in total. The van der Waals surface area contributed by atoms with Gasteiger partial charge in [0.2, 0.25) is 0 Å². The van der Waals surface area contributed by atoms with Crippen LogP contribution in [0.25, 0.3) is 42.6 Å². The summed E-state index contributed by atoms with van der Waals surface area (Å²) in [4.78, 5) is 4.63. The molecule has 0 radical (unpaired) electrons. The monoisotopic (exact) mass is 380 g/mol. The van der Waals surface area contributed by atoms with Gasteiger partial charge in [-0.25, -0.2) is 0 Å². The maximum atomic E-state index is 8.36. The number of rotatable bonds is 3. The maximum absolute atomic E-state index is 8.36. The van der Waals surface area contributed by atoms with E-state index in [2.05, 4.69) is 71.7 Å². The van der Waals surface area contributed by atoms with Crippen molar-refractivity contribution in [2.24, 2.45) is 0 Å². The molecule has 136 valence electrons. The fraction of sp³-hybridized carbons (Fsp3) is 0.115. The van der Waals surface area contributed by atoms with Crippen LogP contribution in [0.4, 0.5) is 0 Å². The van der Waals surface area contributed by atoms with Crippen LogP contribution in [0.5, 0.6) is 0 Å². The molecule has 5 rings (SSSR count). The van der Waals surface area contributed by atoms with E-state index in [0.717, 1.165) is 16.8 Å². The van der Waals surface area contributed by atoms with Crippen LogP contribution in [0.15, 0.2) is 85.1 Å². The molecule has 0 aliphatic rings. The summed E-state index contributed by atoms with van der Waals surface area (Å²) in [5.74, 6) is -0.643. The molecule has 1 nitrogen and oxygen atoms in total. The predicted molar refractivity (Wildman–Crippen MR) is 122 cm³/mol. The average molecular weight is 381 g/mol. The Morgan fingerprint density at radius 3 is 2.50 bits per heavy atom. The second kappa shape index (κ2) is 6.88. The molecule has 5 aromatic rings. The van der Waals surface area contributed by atoms with E-state index in [1.807, 2.05) is 43.5 Å². The maximum Gasteiger partial charge on any atom is 0.0719 e. The molecule has 2 heteroatoms. The topological polar surface area (TPSA) is 12.9 Å². The second-order valence-electron chi connectivity index (χ2n) is 7.29. The van der Waals surface area contributed by atoms with Gasteiger partial charge in [-0.3, -0.25) is 4.98 Å². The molecule has 0 bridgehead atoms. The second-order valence-corrected chi connectivity index (χ2v) is 8.34. The first-order chi connectivity index (χ1) is 14.0. The SMILES string of the molecule is [2H]C(C)(C)c1ccnc(-c2cccc3c2sc2cc(-c4ccccc4)ccc23)c1. The van der Waals surface area contributed by atoms with E-state index in [1.165, 1.54) is 31.3 Å². The van der Waals surface area contributed by atoms with Crippen LogP contribution >= 0.6 is 11.3 Å². The van der Waals surface area contributed by atoms with E-state index < -0.39 is 5.89 Å². The number of benzene rings is 3. The van der Waals surface area contributed by atoms with Crippen LogP contribution in [-0.2, 0) is 0 Å². The van der Waals surface area contributed by atoms with Crippen molar-refractivity contribution in [3.05, 3.63) is 90.6 Å². The fourth-order valence-corrected chi connectivity index (χ4v) is 4.96. The van der Waals surface area contributed by atoms with E-state index in [4.69, 9.17) is 1.37 Å². The van der Waals surface area contributed by atoms with Crippen molar-refractivity contribution in [3.8, 4) is 22.4 Å². The van der Waals surface area contributed by atoms with Crippen molar-refractivity contribution in [2.75, 3.05) is 0 Å². The van der Waals surface area contributed by atoms with E-state index in [0.29, 0.717) is 0 Å². The van der Waals surface area contributed by atoms with Crippen LogP contribution < -0.4 is 0 Å². The molecular formula is C26H21NS. The molecule has 0 atom stereocenters. The summed E-state index contributed by atoms with van der Waals surface area (Å²) in [5, 5.41) is 2.54. The third-order valence-electron chi connectivity index (χ3n) is 5.22. The normalized spacial score (nSPS) is 12.4. The number of fused-ring (bicyclic) bond motifs is 3. The molecule has 2 aromatic heterocycles. The van der Waals surface area contributed by atoms with E-state index >= 15 is 0 Å². The Kier molecular flexibility index (Phi) is 3.94. The van der Waals surface area contributed by atoms with Gasteiger partial charge in [-0.2, -0.15) is 0 Å². The Bertz CT molecular complexity index is 1330. The lowest BCUT2D eigenvalue weighted by Gasteiger charge is -2.08. The minimum absolute atomic E-state index is 0.643. The van der Waals surface area contributed by atoms with E-state index in [9.17, 15) is 0 Å². The summed E-state index contributed by atoms with van der Waals surface area (Å²) in [6, 6.07) is 27.7. The molecule has 0 amide bonds. The van der Waals surface area contributed by atoms with Crippen molar-refractivity contribution in [1.29, 1.82) is 0 Å². The first kappa shape index (κ1) is 16.0. The quantitative estimate of drug-likeness (QED) is 0.310. The summed E-state index contributed by atoms with van der Waals surface area (Å²) in [6.45, 7) is 3.83. The van der Waals surface area contributed by atoms with E-state index in [1.54, 1.807) is 0 Å². The molecule has 28 heavy (non-hydrogen) atoms. The Balaban J connectivity index is 1.70. The van der Waals surface area contributed by atoms with Gasteiger partial charge in [-0.15, -0.1) is 11.3 Å². The molecular weight excluding hydrogens is 358 g/mol. The molecule has 0 fully saturated rings. The van der Waals surface area contributed by atoms with Crippen molar-refractivity contribution in [1.82, 2.24) is 4.98 Å². The minimum Gasteiger partial charge on any atom is -0.256 e. The van der Waals surface area contributed by atoms with Gasteiger partial charge < -0.3 is 0 Å². The van der Waals surface area contributed by atoms with Crippen LogP contribution in [0.2, 0.25) is 0 Å². The first-order valence-electron chi connectivity index (χ1n) is 9.98. The lowest BCUT2D eigenvalue weighted by molar-refractivity contribution is 0.864. The summed E-state index contributed by atoms with van der Waals surface area (Å²) in [5.41, 5.74) is 5.52. The lowest BCUT2D eigenvalue weighted by Crippen LogP contribution is -1.90. The van der Waals surface area contributed by atoms with Crippen LogP contribution in [0, 0.1) is 0 Å². The van der Waals surface area contributed by atoms with Crippen LogP contribution in [-0.4, -0.2) is 4.98 Å². The van der Waals surface area contributed by atoms with Gasteiger partial charge in [-0.05, 0) is 40.8 Å². The van der Waals surface area contributed by atoms with E-state index in [-0.39, 0.29) is 0 Å². The Morgan fingerprint density at radius 1 is 0.821 bits per heavy atom. The summed E-state index contributed by atoms with van der Waals surface area (Å²) < 4.78 is 10.9. The molecule has 3 aromatic carbocycles. The first-order valence-corrected chi connectivity index (χ1v) is 10.3. The smallest absolute Gasteiger partial charge is 0.0719 e. The zero-order chi connectivity index (χ0) is 20.0. The highest BCUT2D eigenvalue weighted by atomic mass is 32.1. The van der Waals surface area contributed by atoms with Crippen molar-refractivity contribution in [2.45, 2.75) is 19.7 Å². The zero-order valence-corrected chi connectivity index (χ0v) is 16.8. The summed E-state index contributed by atoms with van der Waals surface area (Å²) in [7, 11) is 0. The average Bonchev–Trinajstić information content (AvgIpc) is 3.12. The Labute approximate surface area is 170 Å². The molecule has 0 aliphatic heterocycles. The minimum atomic E-state index is -0.643. The third kappa shape index (κ3) is 2.90. The highest BCUT2D eigenvalue weighted by Gasteiger charge is 2.13. The van der Waals surface area contributed by atoms with Gasteiger partial charge >= 0.3 is 0 Å². The number of aromatic nitrogens is 1. The molecule has 0 spiro atoms. The number of hydrogen-bond acceptors (Lipinski definition) is 2. The summed E-state index contributed by atoms with van der Waals surface area (Å²) in [6.07, 6.45) is 1.82. The lowest BCUT2D eigenvalue weighted by atomic mass is 10.00. The van der Waals surface area contributed by atoms with Gasteiger partial charge in [-0.1, -0.05) is 74.5 Å². The van der Waals surface area contributed by atoms with Crippen LogP contribution in [0.3, 0.4) is 0 Å². The number of thiophene rings is 1. The van der Waals surface area contributed by atoms with Crippen LogP contribution in [0.1, 0.15) is 26.7 Å². The molecule has 2 heterocycles. The number of nitrogens with zero attached hydrogens (tertiary/aromatic N) is 1. The highest BCUT2D eigenvalue weighted by Crippen LogP contribution is 2.41. The Morgan fingerprint density at radius 2 is 1.68 bits per heavy atom. The largest absolute Gasteiger partial charge is 0.256 e. The summed E-state index contributed by atoms with van der Waals surface area (Å²) >= 11 is 1.82. The van der Waals surface area contributed by atoms with Gasteiger partial charge in [0.05, 0.1) is 5.69 Å². The molecule has 0 aliphatic carbocycles. The highest BCUT2D eigenvalue weighted by molar-refractivity contribution is 7.26. The van der Waals surface area contributed by atoms with Crippen molar-refractivity contribution in [3.63, 3.8) is 0 Å². The predicted octanol–water partition coefficient (Wildman–Crippen LogP) is 7.91. The van der Waals surface area contributed by atoms with Crippen molar-refractivity contribution < 1.29 is 1.37 Å². The third-order valence-corrected chi connectivity index (χ3v) is 6.42. The number of pyridine rings is 1. The van der Waals surface area contributed by atoms with Gasteiger partial charge in [0.25, 0.3) is 0 Å². The molecule has 0 saturated carbocycles. The Hall–Kier alpha value is -2.97. The standard InChI is InChI=1S/C26H21NS/c1-17(2)19-13-14-27-24(15-19)23-10-6-9-22-21-12-11-20(16-25(21)28-26(22)23)18-7-4-3-5-8-18/h3-17H,1-2H3/i17D. The van der Waals surface area contributed by atoms with Crippen molar-refractivity contribution >= 4 is 31.5 Å².